The molecule has 0 aliphatic carbocycles. The number of aromatic nitrogens is 1. The van der Waals surface area contributed by atoms with Crippen molar-refractivity contribution in [3.8, 4) is 11.8 Å². The third-order valence-corrected chi connectivity index (χ3v) is 4.73. The molecular formula is C24H26N4O2. The van der Waals surface area contributed by atoms with Crippen molar-refractivity contribution in [3.05, 3.63) is 64.7 Å². The first-order chi connectivity index (χ1) is 14.5. The number of hydrogen-bond donors (Lipinski definition) is 2. The van der Waals surface area contributed by atoms with Crippen LogP contribution >= 0.6 is 0 Å². The number of amides is 1. The molecule has 0 atom stereocenters. The molecule has 0 unspecified atom stereocenters. The number of fused-ring (bicyclic) bond motifs is 1. The van der Waals surface area contributed by atoms with Gasteiger partial charge < -0.3 is 15.4 Å². The number of nitriles is 1. The van der Waals surface area contributed by atoms with Gasteiger partial charge in [-0.1, -0.05) is 11.6 Å². The highest BCUT2D eigenvalue weighted by Crippen LogP contribution is 2.24. The molecule has 0 saturated heterocycles. The lowest BCUT2D eigenvalue weighted by Crippen LogP contribution is -2.25. The number of carbonyl (C=O) groups is 1. The van der Waals surface area contributed by atoms with E-state index >= 15 is 0 Å². The number of nitrogens with one attached hydrogen (secondary N) is 2. The van der Waals surface area contributed by atoms with E-state index in [0.717, 1.165) is 27.8 Å². The summed E-state index contributed by atoms with van der Waals surface area (Å²) in [5.74, 6) is 1.21. The van der Waals surface area contributed by atoms with Crippen LogP contribution in [0.1, 0.15) is 40.4 Å². The quantitative estimate of drug-likeness (QED) is 0.547. The second-order valence-electron chi connectivity index (χ2n) is 7.14. The molecule has 30 heavy (non-hydrogen) atoms. The summed E-state index contributed by atoms with van der Waals surface area (Å²) in [5.41, 5.74) is 4.24. The number of aryl methyl sites for hydroxylation is 2. The largest absolute Gasteiger partial charge is 0.494 e. The molecule has 0 spiro atoms. The van der Waals surface area contributed by atoms with Gasteiger partial charge in [0.25, 0.3) is 5.91 Å². The Hall–Kier alpha value is -3.59. The smallest absolute Gasteiger partial charge is 0.251 e. The van der Waals surface area contributed by atoms with Crippen LogP contribution in [0.4, 0.5) is 5.82 Å². The second kappa shape index (κ2) is 9.75. The fourth-order valence-electron chi connectivity index (χ4n) is 3.34. The number of anilines is 1. The lowest BCUT2D eigenvalue weighted by molar-refractivity contribution is 0.0953. The van der Waals surface area contributed by atoms with Gasteiger partial charge in [0.1, 0.15) is 17.6 Å². The first kappa shape index (κ1) is 21.1. The summed E-state index contributed by atoms with van der Waals surface area (Å²) in [6, 6.07) is 15.3. The standard InChI is InChI=1S/C24H26N4O2/c1-4-30-21-8-6-18(7-9-21)24(29)27-11-5-10-26-23-20(15-25)14-19-13-16(2)12-17(3)22(19)28-23/h6-9,12-14H,4-5,10-11H2,1-3H3,(H,26,28)(H,27,29). The van der Waals surface area contributed by atoms with E-state index in [1.54, 1.807) is 24.3 Å². The van der Waals surface area contributed by atoms with Gasteiger partial charge in [-0.2, -0.15) is 5.26 Å². The number of pyridine rings is 1. The van der Waals surface area contributed by atoms with Gasteiger partial charge in [-0.05, 0) is 69.2 Å². The molecule has 0 bridgehead atoms. The van der Waals surface area contributed by atoms with E-state index < -0.39 is 0 Å². The monoisotopic (exact) mass is 402 g/mol. The van der Waals surface area contributed by atoms with Crippen molar-refractivity contribution in [2.75, 3.05) is 25.0 Å². The zero-order valence-corrected chi connectivity index (χ0v) is 17.6. The van der Waals surface area contributed by atoms with Crippen LogP contribution in [0.15, 0.2) is 42.5 Å². The van der Waals surface area contributed by atoms with E-state index in [2.05, 4.69) is 27.8 Å². The molecule has 1 heterocycles. The molecule has 6 nitrogen and oxygen atoms in total. The number of nitrogens with zero attached hydrogens (tertiary/aromatic N) is 2. The van der Waals surface area contributed by atoms with Crippen molar-refractivity contribution in [3.63, 3.8) is 0 Å². The summed E-state index contributed by atoms with van der Waals surface area (Å²) in [6.07, 6.45) is 0.709. The fourth-order valence-corrected chi connectivity index (χ4v) is 3.34. The van der Waals surface area contributed by atoms with Crippen LogP contribution in [0.3, 0.4) is 0 Å². The molecule has 0 aliphatic heterocycles. The van der Waals surface area contributed by atoms with Crippen LogP contribution < -0.4 is 15.4 Å². The van der Waals surface area contributed by atoms with Crippen LogP contribution in [-0.4, -0.2) is 30.6 Å². The number of carbonyl (C=O) groups excluding carboxylic acids is 1. The zero-order chi connectivity index (χ0) is 21.5. The van der Waals surface area contributed by atoms with Crippen molar-refractivity contribution in [2.24, 2.45) is 0 Å². The highest BCUT2D eigenvalue weighted by molar-refractivity contribution is 5.94. The Morgan fingerprint density at radius 2 is 1.90 bits per heavy atom. The number of benzene rings is 2. The van der Waals surface area contributed by atoms with Gasteiger partial charge in [0, 0.05) is 24.0 Å². The predicted octanol–water partition coefficient (Wildman–Crippen LogP) is 4.35. The minimum atomic E-state index is -0.120. The Labute approximate surface area is 176 Å². The van der Waals surface area contributed by atoms with Gasteiger partial charge in [-0.25, -0.2) is 4.98 Å². The molecule has 2 aromatic carbocycles. The topological polar surface area (TPSA) is 87.0 Å². The van der Waals surface area contributed by atoms with Crippen LogP contribution in [0.5, 0.6) is 5.75 Å². The average Bonchev–Trinajstić information content (AvgIpc) is 2.73. The van der Waals surface area contributed by atoms with Crippen molar-refractivity contribution in [2.45, 2.75) is 27.2 Å². The van der Waals surface area contributed by atoms with Crippen molar-refractivity contribution in [1.29, 1.82) is 5.26 Å². The minimum absolute atomic E-state index is 0.120. The zero-order valence-electron chi connectivity index (χ0n) is 17.6. The maximum absolute atomic E-state index is 12.2. The number of hydrogen-bond acceptors (Lipinski definition) is 5. The Bertz CT molecular complexity index is 1090. The van der Waals surface area contributed by atoms with Gasteiger partial charge in [0.05, 0.1) is 17.7 Å². The molecule has 154 valence electrons. The molecule has 3 aromatic rings. The van der Waals surface area contributed by atoms with E-state index in [9.17, 15) is 10.1 Å². The SMILES string of the molecule is CCOc1ccc(C(=O)NCCCNc2nc3c(C)cc(C)cc3cc2C#N)cc1. The average molecular weight is 402 g/mol. The predicted molar refractivity (Wildman–Crippen MR) is 119 cm³/mol. The highest BCUT2D eigenvalue weighted by atomic mass is 16.5. The van der Waals surface area contributed by atoms with Crippen LogP contribution in [0, 0.1) is 25.2 Å². The van der Waals surface area contributed by atoms with E-state index in [-0.39, 0.29) is 5.91 Å². The Morgan fingerprint density at radius 3 is 2.60 bits per heavy atom. The third-order valence-electron chi connectivity index (χ3n) is 4.73. The molecule has 0 aliphatic rings. The Balaban J connectivity index is 1.54. The van der Waals surface area contributed by atoms with Crippen LogP contribution in [0.2, 0.25) is 0 Å². The summed E-state index contributed by atoms with van der Waals surface area (Å²) in [6.45, 7) is 7.69. The van der Waals surface area contributed by atoms with E-state index in [0.29, 0.717) is 43.1 Å². The van der Waals surface area contributed by atoms with Crippen molar-refractivity contribution < 1.29 is 9.53 Å². The molecule has 1 aromatic heterocycles. The Kier molecular flexibility index (Phi) is 6.87. The molecule has 0 saturated carbocycles. The number of ether oxygens (including phenoxy) is 1. The van der Waals surface area contributed by atoms with Gasteiger partial charge in [-0.15, -0.1) is 0 Å². The maximum atomic E-state index is 12.2. The normalized spacial score (nSPS) is 10.5. The molecule has 2 N–H and O–H groups in total. The summed E-state index contributed by atoms with van der Waals surface area (Å²) in [4.78, 5) is 16.9. The lowest BCUT2D eigenvalue weighted by atomic mass is 10.1. The first-order valence-corrected chi connectivity index (χ1v) is 10.1. The van der Waals surface area contributed by atoms with Gasteiger partial charge in [-0.3, -0.25) is 4.79 Å². The van der Waals surface area contributed by atoms with Gasteiger partial charge in [0.2, 0.25) is 0 Å². The summed E-state index contributed by atoms with van der Waals surface area (Å²) < 4.78 is 5.39. The minimum Gasteiger partial charge on any atom is -0.494 e. The van der Waals surface area contributed by atoms with Crippen molar-refractivity contribution in [1.82, 2.24) is 10.3 Å². The summed E-state index contributed by atoms with van der Waals surface area (Å²) >= 11 is 0. The molecule has 1 amide bonds. The van der Waals surface area contributed by atoms with E-state index in [1.165, 1.54) is 0 Å². The lowest BCUT2D eigenvalue weighted by Gasteiger charge is -2.11. The fraction of sp³-hybridized carbons (Fsp3) is 0.292. The van der Waals surface area contributed by atoms with E-state index in [1.807, 2.05) is 32.9 Å². The molecular weight excluding hydrogens is 376 g/mol. The maximum Gasteiger partial charge on any atom is 0.251 e. The molecule has 0 fully saturated rings. The molecule has 0 radical (unpaired) electrons. The van der Waals surface area contributed by atoms with Gasteiger partial charge >= 0.3 is 0 Å². The molecule has 3 rings (SSSR count). The van der Waals surface area contributed by atoms with Gasteiger partial charge in [0.15, 0.2) is 0 Å². The molecule has 6 heteroatoms. The number of rotatable bonds is 8. The summed E-state index contributed by atoms with van der Waals surface area (Å²) in [5, 5.41) is 16.6. The second-order valence-corrected chi connectivity index (χ2v) is 7.14. The van der Waals surface area contributed by atoms with Crippen LogP contribution in [0.25, 0.3) is 10.9 Å². The van der Waals surface area contributed by atoms with Crippen molar-refractivity contribution >= 4 is 22.6 Å². The summed E-state index contributed by atoms with van der Waals surface area (Å²) in [7, 11) is 0. The third kappa shape index (κ3) is 5.06. The Morgan fingerprint density at radius 1 is 1.13 bits per heavy atom. The first-order valence-electron chi connectivity index (χ1n) is 10.1. The highest BCUT2D eigenvalue weighted by Gasteiger charge is 2.09. The van der Waals surface area contributed by atoms with E-state index in [4.69, 9.17) is 4.74 Å². The van der Waals surface area contributed by atoms with Crippen LogP contribution in [-0.2, 0) is 0 Å².